The molecule has 72 valence electrons. The minimum Gasteiger partial charge on any atom is -0.397 e. The second kappa shape index (κ2) is 3.42. The number of anilines is 1. The molecule has 0 amide bonds. The first-order valence-electron chi connectivity index (χ1n) is 4.46. The molecule has 0 fully saturated rings. The molecule has 0 aliphatic heterocycles. The lowest BCUT2D eigenvalue weighted by Crippen LogP contribution is -1.92. The van der Waals surface area contributed by atoms with E-state index in [0.29, 0.717) is 0 Å². The Balaban J connectivity index is 2.52. The van der Waals surface area contributed by atoms with Crippen LogP contribution in [0.2, 0.25) is 0 Å². The number of hydrogen-bond acceptors (Lipinski definition) is 3. The topological polar surface area (TPSA) is 38.9 Å². The van der Waals surface area contributed by atoms with Crippen molar-refractivity contribution in [3.63, 3.8) is 0 Å². The summed E-state index contributed by atoms with van der Waals surface area (Å²) in [6, 6.07) is 6.10. The quantitative estimate of drug-likeness (QED) is 0.775. The summed E-state index contributed by atoms with van der Waals surface area (Å²) < 4.78 is 0. The number of pyridine rings is 1. The summed E-state index contributed by atoms with van der Waals surface area (Å²) in [7, 11) is 0. The third-order valence-electron chi connectivity index (χ3n) is 2.03. The van der Waals surface area contributed by atoms with Crippen LogP contribution < -0.4 is 5.73 Å². The first-order chi connectivity index (χ1) is 6.66. The van der Waals surface area contributed by atoms with E-state index in [-0.39, 0.29) is 0 Å². The van der Waals surface area contributed by atoms with E-state index < -0.39 is 0 Å². The summed E-state index contributed by atoms with van der Waals surface area (Å²) >= 11 is 1.72. The molecule has 0 aromatic carbocycles. The standard InChI is InChI=1S/C11H12N2S/c1-7-5-9(12)11(13-6-7)10-4-3-8(2)14-10/h3-6H,12H2,1-2H3. The summed E-state index contributed by atoms with van der Waals surface area (Å²) in [4.78, 5) is 6.77. The average molecular weight is 204 g/mol. The Morgan fingerprint density at radius 3 is 2.64 bits per heavy atom. The van der Waals surface area contributed by atoms with Crippen LogP contribution in [0, 0.1) is 13.8 Å². The van der Waals surface area contributed by atoms with Crippen LogP contribution in [0.4, 0.5) is 5.69 Å². The first kappa shape index (κ1) is 9.21. The fourth-order valence-corrected chi connectivity index (χ4v) is 2.25. The molecular weight excluding hydrogens is 192 g/mol. The minimum atomic E-state index is 0.756. The highest BCUT2D eigenvalue weighted by molar-refractivity contribution is 7.15. The van der Waals surface area contributed by atoms with E-state index in [1.54, 1.807) is 11.3 Å². The van der Waals surface area contributed by atoms with Crippen molar-refractivity contribution in [3.05, 3.63) is 34.8 Å². The van der Waals surface area contributed by atoms with E-state index in [1.807, 2.05) is 19.2 Å². The summed E-state index contributed by atoms with van der Waals surface area (Å²) in [6.45, 7) is 4.07. The molecule has 2 heterocycles. The van der Waals surface area contributed by atoms with E-state index in [1.165, 1.54) is 4.88 Å². The predicted octanol–water partition coefficient (Wildman–Crippen LogP) is 3.01. The minimum absolute atomic E-state index is 0.756. The van der Waals surface area contributed by atoms with Crippen molar-refractivity contribution < 1.29 is 0 Å². The van der Waals surface area contributed by atoms with Gasteiger partial charge in [0, 0.05) is 11.1 Å². The Kier molecular flexibility index (Phi) is 2.25. The second-order valence-corrected chi connectivity index (χ2v) is 4.65. The van der Waals surface area contributed by atoms with Crippen LogP contribution in [-0.4, -0.2) is 4.98 Å². The Hall–Kier alpha value is -1.35. The summed E-state index contributed by atoms with van der Waals surface area (Å²) in [5, 5.41) is 0. The van der Waals surface area contributed by atoms with Crippen LogP contribution in [-0.2, 0) is 0 Å². The lowest BCUT2D eigenvalue weighted by atomic mass is 10.2. The number of rotatable bonds is 1. The van der Waals surface area contributed by atoms with E-state index in [2.05, 4.69) is 24.0 Å². The molecule has 2 aromatic rings. The molecule has 14 heavy (non-hydrogen) atoms. The van der Waals surface area contributed by atoms with Crippen LogP contribution in [0.1, 0.15) is 10.4 Å². The van der Waals surface area contributed by atoms with E-state index in [4.69, 9.17) is 5.73 Å². The van der Waals surface area contributed by atoms with E-state index >= 15 is 0 Å². The highest BCUT2D eigenvalue weighted by Gasteiger charge is 2.05. The van der Waals surface area contributed by atoms with Gasteiger partial charge in [-0.1, -0.05) is 0 Å². The van der Waals surface area contributed by atoms with Crippen LogP contribution >= 0.6 is 11.3 Å². The first-order valence-corrected chi connectivity index (χ1v) is 5.27. The van der Waals surface area contributed by atoms with Crippen molar-refractivity contribution in [2.45, 2.75) is 13.8 Å². The van der Waals surface area contributed by atoms with Crippen LogP contribution in [0.15, 0.2) is 24.4 Å². The zero-order valence-corrected chi connectivity index (χ0v) is 9.06. The maximum Gasteiger partial charge on any atom is 0.103 e. The van der Waals surface area contributed by atoms with Crippen molar-refractivity contribution in [1.29, 1.82) is 0 Å². The molecule has 2 rings (SSSR count). The molecule has 0 radical (unpaired) electrons. The zero-order valence-electron chi connectivity index (χ0n) is 8.24. The van der Waals surface area contributed by atoms with Gasteiger partial charge in [-0.15, -0.1) is 11.3 Å². The number of thiophene rings is 1. The molecule has 0 atom stereocenters. The number of hydrogen-bond donors (Lipinski definition) is 1. The van der Waals surface area contributed by atoms with Crippen LogP contribution in [0.25, 0.3) is 10.6 Å². The Bertz CT molecular complexity index is 460. The predicted molar refractivity (Wildman–Crippen MR) is 61.4 cm³/mol. The molecule has 0 bridgehead atoms. The third kappa shape index (κ3) is 1.63. The maximum atomic E-state index is 5.91. The van der Waals surface area contributed by atoms with Crippen molar-refractivity contribution in [3.8, 4) is 10.6 Å². The Morgan fingerprint density at radius 2 is 2.07 bits per heavy atom. The van der Waals surface area contributed by atoms with Gasteiger partial charge in [-0.3, -0.25) is 4.98 Å². The fraction of sp³-hybridized carbons (Fsp3) is 0.182. The molecule has 0 aliphatic rings. The largest absolute Gasteiger partial charge is 0.397 e. The van der Waals surface area contributed by atoms with Crippen LogP contribution in [0.3, 0.4) is 0 Å². The highest BCUT2D eigenvalue weighted by Crippen LogP contribution is 2.30. The zero-order chi connectivity index (χ0) is 10.1. The highest BCUT2D eigenvalue weighted by atomic mass is 32.1. The van der Waals surface area contributed by atoms with Gasteiger partial charge in [0.1, 0.15) is 5.69 Å². The molecule has 0 spiro atoms. The number of aryl methyl sites for hydroxylation is 2. The average Bonchev–Trinajstić information content (AvgIpc) is 2.51. The second-order valence-electron chi connectivity index (χ2n) is 3.36. The molecule has 2 aromatic heterocycles. The van der Waals surface area contributed by atoms with E-state index in [0.717, 1.165) is 21.8 Å². The summed E-state index contributed by atoms with van der Waals surface area (Å²) in [5.41, 5.74) is 8.66. The SMILES string of the molecule is Cc1cnc(-c2ccc(C)s2)c(N)c1. The number of nitrogens with two attached hydrogens (primary N) is 1. The van der Waals surface area contributed by atoms with Crippen LogP contribution in [0.5, 0.6) is 0 Å². The maximum absolute atomic E-state index is 5.91. The molecule has 0 saturated heterocycles. The van der Waals surface area contributed by atoms with Crippen molar-refractivity contribution in [1.82, 2.24) is 4.98 Å². The summed E-state index contributed by atoms with van der Waals surface area (Å²) in [6.07, 6.45) is 1.85. The van der Waals surface area contributed by atoms with Gasteiger partial charge in [-0.2, -0.15) is 0 Å². The van der Waals surface area contributed by atoms with Crippen molar-refractivity contribution in [2.75, 3.05) is 5.73 Å². The molecule has 2 N–H and O–H groups in total. The van der Waals surface area contributed by atoms with Crippen molar-refractivity contribution >= 4 is 17.0 Å². The van der Waals surface area contributed by atoms with Gasteiger partial charge in [0.05, 0.1) is 10.6 Å². The molecule has 0 saturated carbocycles. The lowest BCUT2D eigenvalue weighted by molar-refractivity contribution is 1.28. The van der Waals surface area contributed by atoms with E-state index in [9.17, 15) is 0 Å². The smallest absolute Gasteiger partial charge is 0.103 e. The van der Waals surface area contributed by atoms with Gasteiger partial charge in [0.2, 0.25) is 0 Å². The molecule has 2 nitrogen and oxygen atoms in total. The molecular formula is C11H12N2S. The van der Waals surface area contributed by atoms with Gasteiger partial charge in [-0.05, 0) is 37.6 Å². The fourth-order valence-electron chi connectivity index (χ4n) is 1.36. The third-order valence-corrected chi connectivity index (χ3v) is 3.04. The summed E-state index contributed by atoms with van der Waals surface area (Å²) in [5.74, 6) is 0. The van der Waals surface area contributed by atoms with Gasteiger partial charge >= 0.3 is 0 Å². The lowest BCUT2D eigenvalue weighted by Gasteiger charge is -2.02. The normalized spacial score (nSPS) is 10.4. The van der Waals surface area contributed by atoms with Gasteiger partial charge < -0.3 is 5.73 Å². The Morgan fingerprint density at radius 1 is 1.29 bits per heavy atom. The molecule has 3 heteroatoms. The number of nitrogen functional groups attached to an aromatic ring is 1. The van der Waals surface area contributed by atoms with Gasteiger partial charge in [0.25, 0.3) is 0 Å². The Labute approximate surface area is 87.4 Å². The molecule has 0 aliphatic carbocycles. The van der Waals surface area contributed by atoms with Gasteiger partial charge in [-0.25, -0.2) is 0 Å². The number of nitrogens with zero attached hydrogens (tertiary/aromatic N) is 1. The number of aromatic nitrogens is 1. The molecule has 0 unspecified atom stereocenters. The van der Waals surface area contributed by atoms with Crippen molar-refractivity contribution in [2.24, 2.45) is 0 Å². The van der Waals surface area contributed by atoms with Gasteiger partial charge in [0.15, 0.2) is 0 Å². The monoisotopic (exact) mass is 204 g/mol.